The molecule has 0 saturated heterocycles. The Morgan fingerprint density at radius 3 is 2.58 bits per heavy atom. The molecular weight excluding hydrogens is 314 g/mol. The van der Waals surface area contributed by atoms with E-state index in [1.807, 2.05) is 0 Å². The van der Waals surface area contributed by atoms with E-state index in [0.29, 0.717) is 11.1 Å². The summed E-state index contributed by atoms with van der Waals surface area (Å²) in [5.74, 6) is -1.29. The predicted molar refractivity (Wildman–Crippen MR) is 84.6 cm³/mol. The summed E-state index contributed by atoms with van der Waals surface area (Å²) >= 11 is 0. The van der Waals surface area contributed by atoms with Crippen molar-refractivity contribution in [3.63, 3.8) is 0 Å². The van der Waals surface area contributed by atoms with Gasteiger partial charge in [0.05, 0.1) is 31.7 Å². The molecule has 0 aliphatic carbocycles. The van der Waals surface area contributed by atoms with Gasteiger partial charge in [-0.15, -0.1) is 0 Å². The molecule has 0 saturated carbocycles. The Labute approximate surface area is 137 Å². The smallest absolute Gasteiger partial charge is 0.337 e. The Hall–Kier alpha value is -3.42. The quantitative estimate of drug-likeness (QED) is 0.466. The lowest BCUT2D eigenvalue weighted by Gasteiger charge is -2.02. The highest BCUT2D eigenvalue weighted by atomic mass is 16.5. The van der Waals surface area contributed by atoms with Crippen LogP contribution in [-0.4, -0.2) is 37.7 Å². The summed E-state index contributed by atoms with van der Waals surface area (Å²) in [4.78, 5) is 34.4. The summed E-state index contributed by atoms with van der Waals surface area (Å²) < 4.78 is 9.49. The number of amides is 2. The number of rotatable bonds is 6. The molecule has 2 rings (SSSR count). The van der Waals surface area contributed by atoms with Crippen molar-refractivity contribution in [2.75, 3.05) is 13.7 Å². The molecular formula is C16H15N3O5. The number of nitrogens with zero attached hydrogens (tertiary/aromatic N) is 1. The Morgan fingerprint density at radius 2 is 1.96 bits per heavy atom. The summed E-state index contributed by atoms with van der Waals surface area (Å²) in [5, 5.41) is 6.15. The van der Waals surface area contributed by atoms with Crippen LogP contribution in [0.3, 0.4) is 0 Å². The molecule has 0 spiro atoms. The lowest BCUT2D eigenvalue weighted by atomic mass is 10.1. The number of hydrazone groups is 1. The van der Waals surface area contributed by atoms with E-state index in [1.54, 1.807) is 30.3 Å². The number of carbonyl (C=O) groups excluding carboxylic acids is 3. The molecule has 0 aliphatic rings. The van der Waals surface area contributed by atoms with Gasteiger partial charge >= 0.3 is 5.97 Å². The van der Waals surface area contributed by atoms with Gasteiger partial charge < -0.3 is 14.5 Å². The molecule has 1 heterocycles. The van der Waals surface area contributed by atoms with Crippen LogP contribution in [0.4, 0.5) is 0 Å². The van der Waals surface area contributed by atoms with Gasteiger partial charge in [-0.25, -0.2) is 10.2 Å². The first-order chi connectivity index (χ1) is 11.6. The van der Waals surface area contributed by atoms with Gasteiger partial charge in [-0.05, 0) is 29.8 Å². The molecule has 2 amide bonds. The highest BCUT2D eigenvalue weighted by Gasteiger charge is 2.09. The first kappa shape index (κ1) is 16.9. The van der Waals surface area contributed by atoms with E-state index in [-0.39, 0.29) is 12.3 Å². The minimum atomic E-state index is -0.489. The summed E-state index contributed by atoms with van der Waals surface area (Å²) in [5.41, 5.74) is 3.37. The maximum absolute atomic E-state index is 11.6. The van der Waals surface area contributed by atoms with Gasteiger partial charge in [0.15, 0.2) is 5.76 Å². The Bertz CT molecular complexity index is 736. The predicted octanol–water partition coefficient (Wildman–Crippen LogP) is 0.946. The van der Waals surface area contributed by atoms with Crippen LogP contribution in [0.5, 0.6) is 0 Å². The minimum absolute atomic E-state index is 0.122. The molecule has 8 heteroatoms. The molecule has 1 aromatic carbocycles. The van der Waals surface area contributed by atoms with Crippen molar-refractivity contribution in [3.8, 4) is 0 Å². The van der Waals surface area contributed by atoms with E-state index < -0.39 is 17.8 Å². The van der Waals surface area contributed by atoms with Gasteiger partial charge in [-0.2, -0.15) is 5.10 Å². The van der Waals surface area contributed by atoms with Crippen molar-refractivity contribution in [2.45, 2.75) is 0 Å². The van der Waals surface area contributed by atoms with Crippen LogP contribution in [0.2, 0.25) is 0 Å². The molecule has 0 bridgehead atoms. The molecule has 1 aromatic heterocycles. The van der Waals surface area contributed by atoms with Crippen LogP contribution >= 0.6 is 0 Å². The van der Waals surface area contributed by atoms with Gasteiger partial charge in [0, 0.05) is 0 Å². The van der Waals surface area contributed by atoms with Gasteiger partial charge in [-0.1, -0.05) is 12.1 Å². The van der Waals surface area contributed by atoms with Crippen molar-refractivity contribution in [1.29, 1.82) is 0 Å². The van der Waals surface area contributed by atoms with Crippen LogP contribution in [-0.2, 0) is 9.53 Å². The summed E-state index contributed by atoms with van der Waals surface area (Å²) in [7, 11) is 1.30. The topological polar surface area (TPSA) is 110 Å². The molecule has 0 fully saturated rings. The largest absolute Gasteiger partial charge is 0.465 e. The Morgan fingerprint density at radius 1 is 1.21 bits per heavy atom. The number of nitrogens with one attached hydrogen (secondary N) is 2. The number of hydrogen-bond acceptors (Lipinski definition) is 6. The maximum atomic E-state index is 11.6. The highest BCUT2D eigenvalue weighted by molar-refractivity contribution is 5.94. The van der Waals surface area contributed by atoms with Crippen LogP contribution in [0.25, 0.3) is 0 Å². The van der Waals surface area contributed by atoms with Crippen molar-refractivity contribution in [3.05, 3.63) is 59.5 Å². The van der Waals surface area contributed by atoms with Crippen molar-refractivity contribution >= 4 is 24.0 Å². The monoisotopic (exact) mass is 329 g/mol. The molecule has 0 aliphatic heterocycles. The summed E-state index contributed by atoms with van der Waals surface area (Å²) in [6, 6.07) is 9.53. The van der Waals surface area contributed by atoms with Gasteiger partial charge in [0.25, 0.3) is 11.8 Å². The standard InChI is InChI=1S/C16H15N3O5/c1-23-16(22)12-6-4-11(5-7-12)9-18-19-14(20)10-17-15(21)13-3-2-8-24-13/h2-9H,10H2,1H3,(H,17,21)(H,19,20). The van der Waals surface area contributed by atoms with Gasteiger partial charge in [0.1, 0.15) is 0 Å². The molecule has 0 unspecified atom stereocenters. The number of hydrogen-bond donors (Lipinski definition) is 2. The lowest BCUT2D eigenvalue weighted by molar-refractivity contribution is -0.120. The van der Waals surface area contributed by atoms with Crippen LogP contribution < -0.4 is 10.7 Å². The molecule has 0 atom stereocenters. The number of carbonyl (C=O) groups is 3. The number of esters is 1. The normalized spacial score (nSPS) is 10.4. The third-order valence-corrected chi connectivity index (χ3v) is 2.89. The molecule has 8 nitrogen and oxygen atoms in total. The fourth-order valence-electron chi connectivity index (χ4n) is 1.70. The third kappa shape index (κ3) is 4.80. The highest BCUT2D eigenvalue weighted by Crippen LogP contribution is 2.03. The van der Waals surface area contributed by atoms with E-state index in [1.165, 1.54) is 25.7 Å². The van der Waals surface area contributed by atoms with E-state index in [2.05, 4.69) is 20.6 Å². The van der Waals surface area contributed by atoms with Crippen molar-refractivity contribution < 1.29 is 23.5 Å². The Balaban J connectivity index is 1.77. The lowest BCUT2D eigenvalue weighted by Crippen LogP contribution is -2.34. The average molecular weight is 329 g/mol. The van der Waals surface area contributed by atoms with Crippen LogP contribution in [0.15, 0.2) is 52.2 Å². The van der Waals surface area contributed by atoms with E-state index in [0.717, 1.165) is 0 Å². The molecule has 2 aromatic rings. The zero-order valence-corrected chi connectivity index (χ0v) is 12.8. The fraction of sp³-hybridized carbons (Fsp3) is 0.125. The summed E-state index contributed by atoms with van der Waals surface area (Å²) in [6.07, 6.45) is 2.78. The second-order valence-electron chi connectivity index (χ2n) is 4.57. The Kier molecular flexibility index (Phi) is 5.84. The molecule has 124 valence electrons. The average Bonchev–Trinajstić information content (AvgIpc) is 3.14. The zero-order chi connectivity index (χ0) is 17.4. The number of benzene rings is 1. The number of ether oxygens (including phenoxy) is 1. The molecule has 2 N–H and O–H groups in total. The van der Waals surface area contributed by atoms with Crippen LogP contribution in [0.1, 0.15) is 26.5 Å². The number of furan rings is 1. The fourth-order valence-corrected chi connectivity index (χ4v) is 1.70. The van der Waals surface area contributed by atoms with Crippen molar-refractivity contribution in [2.24, 2.45) is 5.10 Å². The molecule has 24 heavy (non-hydrogen) atoms. The third-order valence-electron chi connectivity index (χ3n) is 2.89. The van der Waals surface area contributed by atoms with Crippen LogP contribution in [0, 0.1) is 0 Å². The van der Waals surface area contributed by atoms with Crippen molar-refractivity contribution in [1.82, 2.24) is 10.7 Å². The first-order valence-electron chi connectivity index (χ1n) is 6.92. The van der Waals surface area contributed by atoms with Gasteiger partial charge in [-0.3, -0.25) is 9.59 Å². The SMILES string of the molecule is COC(=O)c1ccc(C=NNC(=O)CNC(=O)c2ccco2)cc1. The minimum Gasteiger partial charge on any atom is -0.465 e. The maximum Gasteiger partial charge on any atom is 0.337 e. The van der Waals surface area contributed by atoms with E-state index in [4.69, 9.17) is 4.42 Å². The molecule has 0 radical (unpaired) electrons. The first-order valence-corrected chi connectivity index (χ1v) is 6.92. The van der Waals surface area contributed by atoms with E-state index >= 15 is 0 Å². The second-order valence-corrected chi connectivity index (χ2v) is 4.57. The summed E-state index contributed by atoms with van der Waals surface area (Å²) in [6.45, 7) is -0.238. The zero-order valence-electron chi connectivity index (χ0n) is 12.8. The van der Waals surface area contributed by atoms with E-state index in [9.17, 15) is 14.4 Å². The second kappa shape index (κ2) is 8.28. The van der Waals surface area contributed by atoms with Gasteiger partial charge in [0.2, 0.25) is 0 Å². The number of methoxy groups -OCH3 is 1.